The van der Waals surface area contributed by atoms with E-state index in [0.29, 0.717) is 5.41 Å². The Morgan fingerprint density at radius 2 is 1.60 bits per heavy atom. The molecule has 1 aliphatic rings. The lowest BCUT2D eigenvalue weighted by Crippen LogP contribution is -2.55. The van der Waals surface area contributed by atoms with Gasteiger partial charge in [-0.3, -0.25) is 4.90 Å². The third-order valence-corrected chi connectivity index (χ3v) is 5.49. The molecular weight excluding hydrogens is 244 g/mol. The zero-order valence-electron chi connectivity index (χ0n) is 14.7. The second-order valence-corrected chi connectivity index (χ2v) is 8.14. The number of hydrogen-bond acceptors (Lipinski definition) is 2. The van der Waals surface area contributed by atoms with Crippen molar-refractivity contribution in [3.63, 3.8) is 0 Å². The standard InChI is InChI=1S/C18H38N2/c1-6-7-8-9-12-18(5,15-19)20-13-10-16(11-14-20)17(2,3)4/h16H,6-15,19H2,1-5H3. The van der Waals surface area contributed by atoms with Gasteiger partial charge in [-0.25, -0.2) is 0 Å². The molecule has 1 rings (SSSR count). The topological polar surface area (TPSA) is 29.3 Å². The predicted octanol–water partition coefficient (Wildman–Crippen LogP) is 4.43. The van der Waals surface area contributed by atoms with Crippen LogP contribution in [0.1, 0.15) is 79.6 Å². The fraction of sp³-hybridized carbons (Fsp3) is 1.00. The molecule has 0 aromatic rings. The van der Waals surface area contributed by atoms with E-state index in [9.17, 15) is 0 Å². The van der Waals surface area contributed by atoms with E-state index < -0.39 is 0 Å². The molecule has 1 fully saturated rings. The van der Waals surface area contributed by atoms with E-state index in [1.807, 2.05) is 0 Å². The van der Waals surface area contributed by atoms with Crippen LogP contribution >= 0.6 is 0 Å². The predicted molar refractivity (Wildman–Crippen MR) is 90.0 cm³/mol. The Kier molecular flexibility index (Phi) is 7.00. The molecule has 2 heteroatoms. The highest BCUT2D eigenvalue weighted by atomic mass is 15.2. The van der Waals surface area contributed by atoms with Crippen molar-refractivity contribution in [2.45, 2.75) is 85.1 Å². The van der Waals surface area contributed by atoms with Gasteiger partial charge in [-0.05, 0) is 50.6 Å². The van der Waals surface area contributed by atoms with Crippen molar-refractivity contribution in [3.8, 4) is 0 Å². The summed E-state index contributed by atoms with van der Waals surface area (Å²) in [5.74, 6) is 0.876. The van der Waals surface area contributed by atoms with Crippen molar-refractivity contribution < 1.29 is 0 Å². The number of unbranched alkanes of at least 4 members (excludes halogenated alkanes) is 3. The first-order valence-electron chi connectivity index (χ1n) is 8.78. The van der Waals surface area contributed by atoms with Crippen LogP contribution in [0.3, 0.4) is 0 Å². The summed E-state index contributed by atoms with van der Waals surface area (Å²) >= 11 is 0. The summed E-state index contributed by atoms with van der Waals surface area (Å²) in [6.45, 7) is 15.1. The molecule has 1 saturated heterocycles. The van der Waals surface area contributed by atoms with Gasteiger partial charge in [-0.1, -0.05) is 53.4 Å². The van der Waals surface area contributed by atoms with Gasteiger partial charge in [0.15, 0.2) is 0 Å². The Hall–Kier alpha value is -0.0800. The summed E-state index contributed by atoms with van der Waals surface area (Å²) in [5, 5.41) is 0. The summed E-state index contributed by atoms with van der Waals surface area (Å²) in [6.07, 6.45) is 9.33. The minimum Gasteiger partial charge on any atom is -0.329 e. The Bertz CT molecular complexity index is 261. The number of hydrogen-bond donors (Lipinski definition) is 1. The molecule has 2 nitrogen and oxygen atoms in total. The number of nitrogens with zero attached hydrogens (tertiary/aromatic N) is 1. The van der Waals surface area contributed by atoms with E-state index in [4.69, 9.17) is 5.73 Å². The fourth-order valence-corrected chi connectivity index (χ4v) is 3.61. The van der Waals surface area contributed by atoms with Gasteiger partial charge in [0.2, 0.25) is 0 Å². The molecule has 0 spiro atoms. The molecule has 0 bridgehead atoms. The molecule has 1 aliphatic heterocycles. The molecule has 0 saturated carbocycles. The number of nitrogens with two attached hydrogens (primary N) is 1. The summed E-state index contributed by atoms with van der Waals surface area (Å²) in [5.41, 5.74) is 6.83. The molecule has 1 unspecified atom stereocenters. The molecule has 1 heterocycles. The van der Waals surface area contributed by atoms with Gasteiger partial charge in [0.25, 0.3) is 0 Å². The summed E-state index contributed by atoms with van der Waals surface area (Å²) in [7, 11) is 0. The maximum atomic E-state index is 6.13. The maximum absolute atomic E-state index is 6.13. The number of likely N-dealkylation sites (tertiary alicyclic amines) is 1. The van der Waals surface area contributed by atoms with Crippen LogP contribution in [-0.4, -0.2) is 30.1 Å². The third-order valence-electron chi connectivity index (χ3n) is 5.49. The van der Waals surface area contributed by atoms with Crippen molar-refractivity contribution in [2.24, 2.45) is 17.1 Å². The summed E-state index contributed by atoms with van der Waals surface area (Å²) in [6, 6.07) is 0. The highest BCUT2D eigenvalue weighted by Gasteiger charge is 2.35. The van der Waals surface area contributed by atoms with E-state index in [0.717, 1.165) is 12.5 Å². The third kappa shape index (κ3) is 5.04. The zero-order chi connectivity index (χ0) is 15.2. The largest absolute Gasteiger partial charge is 0.329 e. The van der Waals surface area contributed by atoms with Crippen LogP contribution in [0.2, 0.25) is 0 Å². The molecule has 120 valence electrons. The van der Waals surface area contributed by atoms with Crippen LogP contribution in [0.15, 0.2) is 0 Å². The van der Waals surface area contributed by atoms with Gasteiger partial charge >= 0.3 is 0 Å². The van der Waals surface area contributed by atoms with Gasteiger partial charge in [0.05, 0.1) is 0 Å². The summed E-state index contributed by atoms with van der Waals surface area (Å²) < 4.78 is 0. The second-order valence-electron chi connectivity index (χ2n) is 8.14. The first-order chi connectivity index (χ1) is 9.33. The molecule has 1 atom stereocenters. The maximum Gasteiger partial charge on any atom is 0.0303 e. The van der Waals surface area contributed by atoms with E-state index >= 15 is 0 Å². The summed E-state index contributed by atoms with van der Waals surface area (Å²) in [4.78, 5) is 2.68. The van der Waals surface area contributed by atoms with Crippen LogP contribution in [0.4, 0.5) is 0 Å². The lowest BCUT2D eigenvalue weighted by atomic mass is 9.74. The minimum atomic E-state index is 0.233. The van der Waals surface area contributed by atoms with Gasteiger partial charge in [0.1, 0.15) is 0 Å². The van der Waals surface area contributed by atoms with Crippen LogP contribution in [0.25, 0.3) is 0 Å². The van der Waals surface area contributed by atoms with Crippen LogP contribution in [0, 0.1) is 11.3 Å². The number of rotatable bonds is 7. The van der Waals surface area contributed by atoms with E-state index in [1.165, 1.54) is 58.0 Å². The van der Waals surface area contributed by atoms with Crippen LogP contribution in [-0.2, 0) is 0 Å². The van der Waals surface area contributed by atoms with Crippen molar-refractivity contribution in [2.75, 3.05) is 19.6 Å². The van der Waals surface area contributed by atoms with E-state index in [1.54, 1.807) is 0 Å². The average molecular weight is 283 g/mol. The second kappa shape index (κ2) is 7.79. The lowest BCUT2D eigenvalue weighted by molar-refractivity contribution is 0.0330. The van der Waals surface area contributed by atoms with Crippen molar-refractivity contribution >= 4 is 0 Å². The average Bonchev–Trinajstić information content (AvgIpc) is 2.42. The molecule has 20 heavy (non-hydrogen) atoms. The molecule has 0 aromatic carbocycles. The molecular formula is C18H38N2. The Balaban J connectivity index is 2.46. The minimum absolute atomic E-state index is 0.233. The first-order valence-corrected chi connectivity index (χ1v) is 8.78. The normalized spacial score (nSPS) is 21.9. The SMILES string of the molecule is CCCCCCC(C)(CN)N1CCC(C(C)(C)C)CC1. The molecule has 0 aromatic heterocycles. The Morgan fingerprint density at radius 1 is 1.00 bits per heavy atom. The van der Waals surface area contributed by atoms with Gasteiger partial charge in [-0.15, -0.1) is 0 Å². The highest BCUT2D eigenvalue weighted by molar-refractivity contribution is 4.91. The Labute approximate surface area is 127 Å². The first kappa shape index (κ1) is 18.0. The molecule has 0 radical (unpaired) electrons. The van der Waals surface area contributed by atoms with Crippen molar-refractivity contribution in [1.29, 1.82) is 0 Å². The highest BCUT2D eigenvalue weighted by Crippen LogP contribution is 2.36. The fourth-order valence-electron chi connectivity index (χ4n) is 3.61. The Morgan fingerprint density at radius 3 is 2.05 bits per heavy atom. The van der Waals surface area contributed by atoms with Gasteiger partial charge < -0.3 is 5.73 Å². The lowest BCUT2D eigenvalue weighted by Gasteiger charge is -2.47. The molecule has 0 amide bonds. The van der Waals surface area contributed by atoms with Gasteiger partial charge in [0, 0.05) is 12.1 Å². The quantitative estimate of drug-likeness (QED) is 0.700. The van der Waals surface area contributed by atoms with Crippen LogP contribution < -0.4 is 5.73 Å². The molecule has 2 N–H and O–H groups in total. The van der Waals surface area contributed by atoms with Crippen molar-refractivity contribution in [1.82, 2.24) is 4.90 Å². The van der Waals surface area contributed by atoms with E-state index in [2.05, 4.69) is 39.5 Å². The molecule has 0 aliphatic carbocycles. The van der Waals surface area contributed by atoms with Gasteiger partial charge in [-0.2, -0.15) is 0 Å². The van der Waals surface area contributed by atoms with E-state index in [-0.39, 0.29) is 5.54 Å². The van der Waals surface area contributed by atoms with Crippen molar-refractivity contribution in [3.05, 3.63) is 0 Å². The smallest absolute Gasteiger partial charge is 0.0303 e. The van der Waals surface area contributed by atoms with Crippen LogP contribution in [0.5, 0.6) is 0 Å². The number of piperidine rings is 1. The zero-order valence-corrected chi connectivity index (χ0v) is 14.7. The monoisotopic (exact) mass is 282 g/mol.